The monoisotopic (exact) mass is 307 g/mol. The van der Waals surface area contributed by atoms with Crippen LogP contribution in [0.4, 0.5) is 0 Å². The molecule has 1 spiro atoms. The van der Waals surface area contributed by atoms with Crippen molar-refractivity contribution in [3.63, 3.8) is 0 Å². The highest BCUT2D eigenvalue weighted by Gasteiger charge is 2.39. The summed E-state index contributed by atoms with van der Waals surface area (Å²) in [7, 11) is 0. The van der Waals surface area contributed by atoms with Crippen molar-refractivity contribution in [2.75, 3.05) is 19.8 Å². The van der Waals surface area contributed by atoms with Gasteiger partial charge >= 0.3 is 0 Å². The van der Waals surface area contributed by atoms with Gasteiger partial charge in [0.25, 0.3) is 0 Å². The average Bonchev–Trinajstić information content (AvgIpc) is 2.48. The Morgan fingerprint density at radius 1 is 1.29 bits per heavy atom. The van der Waals surface area contributed by atoms with Gasteiger partial charge in [-0.1, -0.05) is 12.1 Å². The van der Waals surface area contributed by atoms with Gasteiger partial charge in [-0.25, -0.2) is 0 Å². The zero-order valence-electron chi connectivity index (χ0n) is 12.7. The van der Waals surface area contributed by atoms with Crippen molar-refractivity contribution in [1.29, 1.82) is 0 Å². The van der Waals surface area contributed by atoms with Gasteiger partial charge in [0.1, 0.15) is 0 Å². The molecule has 2 unspecified atom stereocenters. The Balaban J connectivity index is 1.65. The molecule has 4 heteroatoms. The van der Waals surface area contributed by atoms with Gasteiger partial charge < -0.3 is 15.2 Å². The lowest BCUT2D eigenvalue weighted by Gasteiger charge is -2.43. The molecular weight excluding hydrogens is 282 g/mol. The molecule has 2 fully saturated rings. The summed E-state index contributed by atoms with van der Waals surface area (Å²) in [4.78, 5) is 1.33. The largest absolute Gasteiger partial charge is 0.381 e. The van der Waals surface area contributed by atoms with Crippen LogP contribution in [0.3, 0.4) is 0 Å². The normalized spacial score (nSPS) is 26.7. The van der Waals surface area contributed by atoms with Crippen LogP contribution in [0.25, 0.3) is 0 Å². The lowest BCUT2D eigenvalue weighted by Crippen LogP contribution is -2.45. The summed E-state index contributed by atoms with van der Waals surface area (Å²) >= 11 is 1.99. The molecule has 21 heavy (non-hydrogen) atoms. The molecule has 116 valence electrons. The zero-order chi connectivity index (χ0) is 14.7. The molecule has 1 aromatic carbocycles. The van der Waals surface area contributed by atoms with E-state index in [2.05, 4.69) is 24.3 Å². The Morgan fingerprint density at radius 2 is 2.10 bits per heavy atom. The summed E-state index contributed by atoms with van der Waals surface area (Å²) in [6.45, 7) is 4.61. The lowest BCUT2D eigenvalue weighted by atomic mass is 9.86. The number of benzene rings is 1. The lowest BCUT2D eigenvalue weighted by molar-refractivity contribution is -0.131. The second kappa shape index (κ2) is 6.69. The Morgan fingerprint density at radius 3 is 2.86 bits per heavy atom. The van der Waals surface area contributed by atoms with E-state index < -0.39 is 0 Å². The topological polar surface area (TPSA) is 44.5 Å². The zero-order valence-corrected chi connectivity index (χ0v) is 13.5. The second-order valence-corrected chi connectivity index (χ2v) is 7.61. The van der Waals surface area contributed by atoms with Crippen molar-refractivity contribution in [3.8, 4) is 0 Å². The minimum absolute atomic E-state index is 0.0763. The fourth-order valence-electron chi connectivity index (χ4n) is 3.24. The first kappa shape index (κ1) is 15.3. The van der Waals surface area contributed by atoms with E-state index in [0.29, 0.717) is 5.25 Å². The summed E-state index contributed by atoms with van der Waals surface area (Å²) in [5, 5.41) is 0.639. The minimum atomic E-state index is 0.0763. The van der Waals surface area contributed by atoms with E-state index in [4.69, 9.17) is 15.2 Å². The summed E-state index contributed by atoms with van der Waals surface area (Å²) < 4.78 is 11.6. The number of thioether (sulfide) groups is 1. The first-order chi connectivity index (χ1) is 10.2. The third-order valence-corrected chi connectivity index (χ3v) is 5.80. The predicted molar refractivity (Wildman–Crippen MR) is 86.7 cm³/mol. The van der Waals surface area contributed by atoms with Crippen LogP contribution in [0.5, 0.6) is 0 Å². The highest BCUT2D eigenvalue weighted by Crippen LogP contribution is 2.41. The first-order valence-corrected chi connectivity index (χ1v) is 8.79. The molecule has 0 saturated carbocycles. The van der Waals surface area contributed by atoms with Gasteiger partial charge in [0.15, 0.2) is 0 Å². The SMILES string of the molecule is CC(N)c1cccc(SC2CCOC3(CCOCC3)C2)c1. The summed E-state index contributed by atoms with van der Waals surface area (Å²) in [6.07, 6.45) is 4.37. The van der Waals surface area contributed by atoms with Crippen LogP contribution in [-0.4, -0.2) is 30.7 Å². The number of ether oxygens (including phenoxy) is 2. The Labute approximate surface area is 131 Å². The quantitative estimate of drug-likeness (QED) is 0.928. The van der Waals surface area contributed by atoms with Crippen LogP contribution in [0.1, 0.15) is 44.2 Å². The highest BCUT2D eigenvalue weighted by atomic mass is 32.2. The van der Waals surface area contributed by atoms with Crippen molar-refractivity contribution in [1.82, 2.24) is 0 Å². The third-order valence-electron chi connectivity index (χ3n) is 4.54. The number of rotatable bonds is 3. The van der Waals surface area contributed by atoms with Crippen LogP contribution < -0.4 is 5.73 Å². The van der Waals surface area contributed by atoms with Crippen LogP contribution in [0.2, 0.25) is 0 Å². The molecule has 2 atom stereocenters. The van der Waals surface area contributed by atoms with Crippen molar-refractivity contribution in [2.45, 2.75) is 54.4 Å². The van der Waals surface area contributed by atoms with Crippen molar-refractivity contribution < 1.29 is 9.47 Å². The van der Waals surface area contributed by atoms with Crippen LogP contribution in [0.15, 0.2) is 29.2 Å². The standard InChI is InChI=1S/C17H25NO2S/c1-13(18)14-3-2-4-15(11-14)21-16-5-8-20-17(12-16)6-9-19-10-7-17/h2-4,11,13,16H,5-10,12,18H2,1H3. The van der Waals surface area contributed by atoms with Crippen LogP contribution >= 0.6 is 11.8 Å². The van der Waals surface area contributed by atoms with Crippen LogP contribution in [0, 0.1) is 0 Å². The van der Waals surface area contributed by atoms with Crippen LogP contribution in [-0.2, 0) is 9.47 Å². The molecule has 0 amide bonds. The number of hydrogen-bond donors (Lipinski definition) is 1. The van der Waals surface area contributed by atoms with Crippen molar-refractivity contribution >= 4 is 11.8 Å². The van der Waals surface area contributed by atoms with E-state index in [1.165, 1.54) is 10.5 Å². The molecular formula is C17H25NO2S. The summed E-state index contributed by atoms with van der Waals surface area (Å²) in [5.74, 6) is 0. The second-order valence-electron chi connectivity index (χ2n) is 6.24. The maximum Gasteiger partial charge on any atom is 0.0737 e. The molecule has 2 aliphatic heterocycles. The van der Waals surface area contributed by atoms with Gasteiger partial charge in [0.05, 0.1) is 5.60 Å². The molecule has 0 aromatic heterocycles. The molecule has 0 aliphatic carbocycles. The van der Waals surface area contributed by atoms with E-state index in [9.17, 15) is 0 Å². The maximum atomic E-state index is 6.12. The molecule has 2 N–H and O–H groups in total. The Hall–Kier alpha value is -0.550. The van der Waals surface area contributed by atoms with E-state index in [1.54, 1.807) is 0 Å². The first-order valence-electron chi connectivity index (χ1n) is 7.91. The predicted octanol–water partition coefficient (Wildman–Crippen LogP) is 3.53. The van der Waals surface area contributed by atoms with Gasteiger partial charge in [-0.2, -0.15) is 0 Å². The molecule has 0 bridgehead atoms. The number of nitrogens with two attached hydrogens (primary N) is 1. The Kier molecular flexibility index (Phi) is 4.89. The molecule has 2 saturated heterocycles. The van der Waals surface area contributed by atoms with Gasteiger partial charge in [0, 0.05) is 36.0 Å². The van der Waals surface area contributed by atoms with Crippen molar-refractivity contribution in [2.24, 2.45) is 5.73 Å². The van der Waals surface area contributed by atoms with Gasteiger partial charge in [-0.3, -0.25) is 0 Å². The van der Waals surface area contributed by atoms with E-state index in [1.807, 2.05) is 18.7 Å². The summed E-state index contributed by atoms with van der Waals surface area (Å²) in [6, 6.07) is 8.76. The van der Waals surface area contributed by atoms with E-state index in [-0.39, 0.29) is 11.6 Å². The fourth-order valence-corrected chi connectivity index (χ4v) is 4.59. The van der Waals surface area contributed by atoms with Gasteiger partial charge in [-0.05, 0) is 50.3 Å². The van der Waals surface area contributed by atoms with E-state index >= 15 is 0 Å². The highest BCUT2D eigenvalue weighted by molar-refractivity contribution is 8.00. The third kappa shape index (κ3) is 3.81. The minimum Gasteiger partial charge on any atom is -0.381 e. The van der Waals surface area contributed by atoms with Gasteiger partial charge in [0.2, 0.25) is 0 Å². The van der Waals surface area contributed by atoms with Crippen molar-refractivity contribution in [3.05, 3.63) is 29.8 Å². The molecule has 2 aliphatic rings. The summed E-state index contributed by atoms with van der Waals surface area (Å²) in [5.41, 5.74) is 7.28. The van der Waals surface area contributed by atoms with E-state index in [0.717, 1.165) is 45.5 Å². The molecule has 0 radical (unpaired) electrons. The van der Waals surface area contributed by atoms with Gasteiger partial charge in [-0.15, -0.1) is 11.8 Å². The number of hydrogen-bond acceptors (Lipinski definition) is 4. The molecule has 3 nitrogen and oxygen atoms in total. The molecule has 1 aromatic rings. The Bertz CT molecular complexity index is 466. The molecule has 2 heterocycles. The fraction of sp³-hybridized carbons (Fsp3) is 0.647. The maximum absolute atomic E-state index is 6.12. The molecule has 3 rings (SSSR count). The smallest absolute Gasteiger partial charge is 0.0737 e. The average molecular weight is 307 g/mol.